The van der Waals surface area contributed by atoms with Gasteiger partial charge in [-0.3, -0.25) is 0 Å². The van der Waals surface area contributed by atoms with Gasteiger partial charge in [0.1, 0.15) is 11.3 Å². The minimum Gasteiger partial charge on any atom is -0.468 e. The zero-order chi connectivity index (χ0) is 12.5. The Hall–Kier alpha value is -1.88. The molecule has 4 nitrogen and oxygen atoms in total. The molecule has 5 heteroatoms. The number of hydrogen-bond donors (Lipinski definition) is 1. The van der Waals surface area contributed by atoms with Gasteiger partial charge in [0.25, 0.3) is 0 Å². The Kier molecular flexibility index (Phi) is 2.76. The van der Waals surface area contributed by atoms with Crippen molar-refractivity contribution >= 4 is 28.5 Å². The van der Waals surface area contributed by atoms with Crippen LogP contribution in [-0.2, 0) is 5.75 Å². The van der Waals surface area contributed by atoms with E-state index in [4.69, 9.17) is 14.6 Å². The first-order valence-corrected chi connectivity index (χ1v) is 6.53. The first-order chi connectivity index (χ1) is 8.74. The second-order valence-corrected chi connectivity index (χ2v) is 4.95. The number of furan rings is 1. The minimum atomic E-state index is 0.645. The molecule has 0 atom stereocenters. The third kappa shape index (κ3) is 1.97. The summed E-state index contributed by atoms with van der Waals surface area (Å²) in [5.41, 5.74) is 7.95. The van der Waals surface area contributed by atoms with Gasteiger partial charge in [-0.05, 0) is 25.1 Å². The average molecular weight is 260 g/mol. The first-order valence-electron chi connectivity index (χ1n) is 5.55. The van der Waals surface area contributed by atoms with Gasteiger partial charge in [-0.25, -0.2) is 4.98 Å². The topological polar surface area (TPSA) is 65.2 Å². The Morgan fingerprint density at radius 2 is 2.22 bits per heavy atom. The van der Waals surface area contributed by atoms with Gasteiger partial charge >= 0.3 is 0 Å². The van der Waals surface area contributed by atoms with Crippen molar-refractivity contribution < 1.29 is 8.83 Å². The normalized spacial score (nSPS) is 11.2. The molecule has 0 unspecified atom stereocenters. The number of aromatic nitrogens is 1. The van der Waals surface area contributed by atoms with Gasteiger partial charge in [0.05, 0.1) is 17.7 Å². The molecule has 0 radical (unpaired) electrons. The fourth-order valence-electron chi connectivity index (χ4n) is 1.74. The van der Waals surface area contributed by atoms with E-state index in [9.17, 15) is 0 Å². The van der Waals surface area contributed by atoms with Crippen molar-refractivity contribution in [2.45, 2.75) is 17.6 Å². The largest absolute Gasteiger partial charge is 0.468 e. The van der Waals surface area contributed by atoms with Gasteiger partial charge in [0, 0.05) is 4.90 Å². The summed E-state index contributed by atoms with van der Waals surface area (Å²) < 4.78 is 10.9. The van der Waals surface area contributed by atoms with Gasteiger partial charge in [-0.15, -0.1) is 11.8 Å². The molecule has 0 amide bonds. The number of oxazole rings is 1. The van der Waals surface area contributed by atoms with Crippen LogP contribution in [0.15, 0.2) is 44.3 Å². The molecule has 0 fully saturated rings. The molecule has 18 heavy (non-hydrogen) atoms. The molecule has 3 aromatic rings. The lowest BCUT2D eigenvalue weighted by Gasteiger charge is -1.94. The number of rotatable bonds is 3. The Labute approximate surface area is 108 Å². The molecule has 2 aromatic heterocycles. The molecule has 1 aromatic carbocycles. The SMILES string of the molecule is Cc1occc1SCc1nc2c(N)cccc2o1. The van der Waals surface area contributed by atoms with E-state index >= 15 is 0 Å². The summed E-state index contributed by atoms with van der Waals surface area (Å²) in [6, 6.07) is 7.50. The molecule has 0 spiro atoms. The Morgan fingerprint density at radius 1 is 1.33 bits per heavy atom. The fourth-order valence-corrected chi connectivity index (χ4v) is 2.55. The summed E-state index contributed by atoms with van der Waals surface area (Å²) in [7, 11) is 0. The van der Waals surface area contributed by atoms with Crippen LogP contribution in [0, 0.1) is 6.92 Å². The van der Waals surface area contributed by atoms with Gasteiger partial charge in [0.2, 0.25) is 5.89 Å². The third-order valence-electron chi connectivity index (χ3n) is 2.66. The summed E-state index contributed by atoms with van der Waals surface area (Å²) in [4.78, 5) is 5.50. The molecular formula is C13H12N2O2S. The van der Waals surface area contributed by atoms with Crippen molar-refractivity contribution in [2.75, 3.05) is 5.73 Å². The molecule has 92 valence electrons. The van der Waals surface area contributed by atoms with E-state index in [1.165, 1.54) is 0 Å². The fraction of sp³-hybridized carbons (Fsp3) is 0.154. The first kappa shape index (κ1) is 11.2. The molecule has 0 aliphatic rings. The van der Waals surface area contributed by atoms with Crippen LogP contribution in [-0.4, -0.2) is 4.98 Å². The van der Waals surface area contributed by atoms with Crippen LogP contribution >= 0.6 is 11.8 Å². The predicted molar refractivity (Wildman–Crippen MR) is 71.4 cm³/mol. The highest BCUT2D eigenvalue weighted by molar-refractivity contribution is 7.98. The van der Waals surface area contributed by atoms with Crippen molar-refractivity contribution in [3.05, 3.63) is 42.2 Å². The van der Waals surface area contributed by atoms with Gasteiger partial charge in [0.15, 0.2) is 5.58 Å². The van der Waals surface area contributed by atoms with E-state index in [0.717, 1.165) is 21.8 Å². The van der Waals surface area contributed by atoms with E-state index in [2.05, 4.69) is 4.98 Å². The number of anilines is 1. The van der Waals surface area contributed by atoms with Crippen LogP contribution in [0.2, 0.25) is 0 Å². The van der Waals surface area contributed by atoms with Crippen molar-refractivity contribution in [1.29, 1.82) is 0 Å². The molecule has 0 bridgehead atoms. The number of para-hydroxylation sites is 1. The molecule has 2 heterocycles. The van der Waals surface area contributed by atoms with Crippen LogP contribution in [0.25, 0.3) is 11.1 Å². The van der Waals surface area contributed by atoms with Crippen LogP contribution in [0.5, 0.6) is 0 Å². The molecule has 0 aliphatic carbocycles. The zero-order valence-corrected chi connectivity index (χ0v) is 10.7. The molecule has 0 aliphatic heterocycles. The summed E-state index contributed by atoms with van der Waals surface area (Å²) >= 11 is 1.64. The molecule has 3 rings (SSSR count). The molecule has 0 saturated heterocycles. The van der Waals surface area contributed by atoms with Crippen LogP contribution < -0.4 is 5.73 Å². The van der Waals surface area contributed by atoms with Crippen molar-refractivity contribution in [3.63, 3.8) is 0 Å². The zero-order valence-electron chi connectivity index (χ0n) is 9.84. The van der Waals surface area contributed by atoms with Crippen molar-refractivity contribution in [1.82, 2.24) is 4.98 Å². The number of benzene rings is 1. The quantitative estimate of drug-likeness (QED) is 0.575. The summed E-state index contributed by atoms with van der Waals surface area (Å²) in [5.74, 6) is 2.25. The van der Waals surface area contributed by atoms with Crippen LogP contribution in [0.3, 0.4) is 0 Å². The summed E-state index contributed by atoms with van der Waals surface area (Å²) in [6.07, 6.45) is 1.68. The number of aryl methyl sites for hydroxylation is 1. The van der Waals surface area contributed by atoms with Crippen LogP contribution in [0.1, 0.15) is 11.7 Å². The van der Waals surface area contributed by atoms with Gasteiger partial charge < -0.3 is 14.6 Å². The highest BCUT2D eigenvalue weighted by Gasteiger charge is 2.09. The number of nitrogens with zero attached hydrogens (tertiary/aromatic N) is 1. The van der Waals surface area contributed by atoms with E-state index in [1.54, 1.807) is 18.0 Å². The highest BCUT2D eigenvalue weighted by atomic mass is 32.2. The van der Waals surface area contributed by atoms with Gasteiger partial charge in [-0.2, -0.15) is 0 Å². The molecular weight excluding hydrogens is 248 g/mol. The summed E-state index contributed by atoms with van der Waals surface area (Å²) in [6.45, 7) is 1.94. The Morgan fingerprint density at radius 3 is 2.94 bits per heavy atom. The second-order valence-electron chi connectivity index (χ2n) is 3.93. The smallest absolute Gasteiger partial charge is 0.205 e. The third-order valence-corrected chi connectivity index (χ3v) is 3.78. The van der Waals surface area contributed by atoms with Gasteiger partial charge in [-0.1, -0.05) is 6.07 Å². The molecule has 0 saturated carbocycles. The lowest BCUT2D eigenvalue weighted by atomic mass is 10.3. The van der Waals surface area contributed by atoms with E-state index in [-0.39, 0.29) is 0 Å². The number of hydrogen-bond acceptors (Lipinski definition) is 5. The maximum Gasteiger partial charge on any atom is 0.205 e. The lowest BCUT2D eigenvalue weighted by molar-refractivity contribution is 0.526. The Bertz CT molecular complexity index is 687. The number of fused-ring (bicyclic) bond motifs is 1. The van der Waals surface area contributed by atoms with Crippen molar-refractivity contribution in [2.24, 2.45) is 0 Å². The summed E-state index contributed by atoms with van der Waals surface area (Å²) in [5, 5.41) is 0. The predicted octanol–water partition coefficient (Wildman–Crippen LogP) is 3.60. The standard InChI is InChI=1S/C13H12N2O2S/c1-8-11(5-6-16-8)18-7-12-15-13-9(14)3-2-4-10(13)17-12/h2-6H,7,14H2,1H3. The molecule has 2 N–H and O–H groups in total. The van der Waals surface area contributed by atoms with E-state index < -0.39 is 0 Å². The maximum absolute atomic E-state index is 5.84. The maximum atomic E-state index is 5.84. The number of nitrogen functional groups attached to an aromatic ring is 1. The Balaban J connectivity index is 1.83. The second kappa shape index (κ2) is 4.42. The number of thioether (sulfide) groups is 1. The van der Waals surface area contributed by atoms with E-state index in [1.807, 2.05) is 31.2 Å². The average Bonchev–Trinajstić information content (AvgIpc) is 2.93. The minimum absolute atomic E-state index is 0.645. The number of nitrogens with two attached hydrogens (primary N) is 1. The lowest BCUT2D eigenvalue weighted by Crippen LogP contribution is -1.85. The van der Waals surface area contributed by atoms with Crippen molar-refractivity contribution in [3.8, 4) is 0 Å². The highest BCUT2D eigenvalue weighted by Crippen LogP contribution is 2.28. The monoisotopic (exact) mass is 260 g/mol. The van der Waals surface area contributed by atoms with E-state index in [0.29, 0.717) is 17.3 Å². The van der Waals surface area contributed by atoms with Crippen LogP contribution in [0.4, 0.5) is 5.69 Å².